The second-order valence-corrected chi connectivity index (χ2v) is 2.83. The molecule has 0 aromatic heterocycles. The Kier molecular flexibility index (Phi) is 3.50. The van der Waals surface area contributed by atoms with Gasteiger partial charge in [0.1, 0.15) is 5.75 Å². The van der Waals surface area contributed by atoms with E-state index in [2.05, 4.69) is 6.92 Å². The molecular formula is C11H14O2. The van der Waals surface area contributed by atoms with Crippen LogP contribution in [0.3, 0.4) is 0 Å². The maximum absolute atomic E-state index is 11.0. The van der Waals surface area contributed by atoms with Gasteiger partial charge in [0.15, 0.2) is 0 Å². The maximum atomic E-state index is 11.0. The molecule has 0 heterocycles. The third-order valence-electron chi connectivity index (χ3n) is 1.83. The van der Waals surface area contributed by atoms with Crippen LogP contribution in [0, 0.1) is 0 Å². The van der Waals surface area contributed by atoms with Gasteiger partial charge in [-0.3, -0.25) is 4.79 Å². The highest BCUT2D eigenvalue weighted by atomic mass is 16.5. The Labute approximate surface area is 78.5 Å². The summed E-state index contributed by atoms with van der Waals surface area (Å²) in [6, 6.07) is 7.61. The molecule has 1 aromatic rings. The lowest BCUT2D eigenvalue weighted by molar-refractivity contribution is -0.134. The highest BCUT2D eigenvalue weighted by Gasteiger charge is 2.00. The largest absolute Gasteiger partial charge is 0.427 e. The minimum absolute atomic E-state index is 0.187. The van der Waals surface area contributed by atoms with Crippen LogP contribution in [0.1, 0.15) is 25.8 Å². The van der Waals surface area contributed by atoms with Crippen molar-refractivity contribution < 1.29 is 9.53 Å². The smallest absolute Gasteiger partial charge is 0.310 e. The lowest BCUT2D eigenvalue weighted by atomic mass is 10.2. The van der Waals surface area contributed by atoms with Crippen LogP contribution in [0.5, 0.6) is 5.75 Å². The normalized spacial score (nSPS) is 9.69. The fourth-order valence-electron chi connectivity index (χ4n) is 1.03. The molecule has 0 aliphatic heterocycles. The molecule has 0 saturated heterocycles. The molecule has 0 aliphatic rings. The molecule has 0 N–H and O–H groups in total. The highest BCUT2D eigenvalue weighted by molar-refractivity contribution is 5.71. The first-order valence-corrected chi connectivity index (χ1v) is 4.56. The average molecular weight is 178 g/mol. The van der Waals surface area contributed by atoms with Crippen molar-refractivity contribution in [2.45, 2.75) is 26.7 Å². The lowest BCUT2D eigenvalue weighted by Crippen LogP contribution is -2.05. The van der Waals surface area contributed by atoms with Gasteiger partial charge < -0.3 is 4.74 Å². The van der Waals surface area contributed by atoms with E-state index in [9.17, 15) is 4.79 Å². The summed E-state index contributed by atoms with van der Waals surface area (Å²) in [6.07, 6.45) is 1.37. The van der Waals surface area contributed by atoms with Gasteiger partial charge in [-0.2, -0.15) is 0 Å². The molecule has 0 atom stereocenters. The number of carbonyl (C=O) groups excluding carboxylic acids is 1. The molecule has 0 radical (unpaired) electrons. The Balaban J connectivity index is 2.71. The number of carbonyl (C=O) groups is 1. The molecular weight excluding hydrogens is 164 g/mol. The standard InChI is InChI=1S/C11H14O2/c1-3-9-6-5-7-10(8-9)13-11(12)4-2/h5-8H,3-4H2,1-2H3. The number of hydrogen-bond acceptors (Lipinski definition) is 2. The number of aryl methyl sites for hydroxylation is 1. The summed E-state index contributed by atoms with van der Waals surface area (Å²) in [5.41, 5.74) is 1.18. The minimum atomic E-state index is -0.187. The molecule has 0 saturated carbocycles. The van der Waals surface area contributed by atoms with Gasteiger partial charge in [0.2, 0.25) is 0 Å². The SMILES string of the molecule is CCC(=O)Oc1cccc(CC)c1. The Bertz CT molecular complexity index is 292. The van der Waals surface area contributed by atoms with Gasteiger partial charge in [0.05, 0.1) is 0 Å². The molecule has 0 amide bonds. The molecule has 0 aliphatic carbocycles. The zero-order valence-electron chi connectivity index (χ0n) is 8.04. The van der Waals surface area contributed by atoms with E-state index in [1.807, 2.05) is 18.2 Å². The molecule has 1 aromatic carbocycles. The quantitative estimate of drug-likeness (QED) is 0.525. The number of esters is 1. The van der Waals surface area contributed by atoms with Crippen LogP contribution in [-0.2, 0) is 11.2 Å². The summed E-state index contributed by atoms with van der Waals surface area (Å²) in [4.78, 5) is 11.0. The van der Waals surface area contributed by atoms with Gasteiger partial charge in [-0.25, -0.2) is 0 Å². The van der Waals surface area contributed by atoms with Gasteiger partial charge in [0.25, 0.3) is 0 Å². The molecule has 2 heteroatoms. The first-order valence-electron chi connectivity index (χ1n) is 4.56. The van der Waals surface area contributed by atoms with E-state index in [1.165, 1.54) is 5.56 Å². The van der Waals surface area contributed by atoms with E-state index in [0.717, 1.165) is 6.42 Å². The van der Waals surface area contributed by atoms with Crippen LogP contribution < -0.4 is 4.74 Å². The second kappa shape index (κ2) is 4.65. The van der Waals surface area contributed by atoms with Crippen LogP contribution >= 0.6 is 0 Å². The van der Waals surface area contributed by atoms with Gasteiger partial charge in [-0.05, 0) is 24.1 Å². The van der Waals surface area contributed by atoms with E-state index in [1.54, 1.807) is 13.0 Å². The van der Waals surface area contributed by atoms with Crippen molar-refractivity contribution in [1.29, 1.82) is 0 Å². The van der Waals surface area contributed by atoms with Crippen molar-refractivity contribution in [3.63, 3.8) is 0 Å². The lowest BCUT2D eigenvalue weighted by Gasteiger charge is -2.03. The Morgan fingerprint density at radius 3 is 2.77 bits per heavy atom. The first kappa shape index (κ1) is 9.78. The summed E-state index contributed by atoms with van der Waals surface area (Å²) < 4.78 is 5.07. The van der Waals surface area contributed by atoms with Crippen molar-refractivity contribution in [2.75, 3.05) is 0 Å². The molecule has 13 heavy (non-hydrogen) atoms. The molecule has 0 fully saturated rings. The summed E-state index contributed by atoms with van der Waals surface area (Å²) in [5, 5.41) is 0. The molecule has 0 unspecified atom stereocenters. The predicted octanol–water partition coefficient (Wildman–Crippen LogP) is 2.56. The molecule has 0 bridgehead atoms. The fourth-order valence-corrected chi connectivity index (χ4v) is 1.03. The second-order valence-electron chi connectivity index (χ2n) is 2.83. The summed E-state index contributed by atoms with van der Waals surface area (Å²) in [7, 11) is 0. The summed E-state index contributed by atoms with van der Waals surface area (Å²) >= 11 is 0. The molecule has 0 spiro atoms. The maximum Gasteiger partial charge on any atom is 0.310 e. The third kappa shape index (κ3) is 2.90. The predicted molar refractivity (Wildman–Crippen MR) is 51.7 cm³/mol. The van der Waals surface area contributed by atoms with Crippen molar-refractivity contribution in [3.8, 4) is 5.75 Å². The Morgan fingerprint density at radius 1 is 1.38 bits per heavy atom. The monoisotopic (exact) mass is 178 g/mol. The van der Waals surface area contributed by atoms with E-state index < -0.39 is 0 Å². The molecule has 2 nitrogen and oxygen atoms in total. The van der Waals surface area contributed by atoms with Crippen molar-refractivity contribution in [2.24, 2.45) is 0 Å². The first-order chi connectivity index (χ1) is 6.26. The summed E-state index contributed by atoms with van der Waals surface area (Å²) in [6.45, 7) is 3.85. The fraction of sp³-hybridized carbons (Fsp3) is 0.364. The number of ether oxygens (including phenoxy) is 1. The van der Waals surface area contributed by atoms with Gasteiger partial charge in [-0.1, -0.05) is 26.0 Å². The van der Waals surface area contributed by atoms with Gasteiger partial charge in [-0.15, -0.1) is 0 Å². The van der Waals surface area contributed by atoms with Crippen molar-refractivity contribution in [3.05, 3.63) is 29.8 Å². The van der Waals surface area contributed by atoms with Crippen LogP contribution in [0.25, 0.3) is 0 Å². The highest BCUT2D eigenvalue weighted by Crippen LogP contribution is 2.14. The van der Waals surface area contributed by atoms with E-state index in [-0.39, 0.29) is 5.97 Å². The number of hydrogen-bond donors (Lipinski definition) is 0. The molecule has 1 rings (SSSR count). The van der Waals surface area contributed by atoms with Gasteiger partial charge >= 0.3 is 5.97 Å². The Hall–Kier alpha value is -1.31. The van der Waals surface area contributed by atoms with Crippen LogP contribution in [-0.4, -0.2) is 5.97 Å². The summed E-state index contributed by atoms with van der Waals surface area (Å²) in [5.74, 6) is 0.458. The van der Waals surface area contributed by atoms with Crippen LogP contribution in [0.4, 0.5) is 0 Å². The van der Waals surface area contributed by atoms with Crippen molar-refractivity contribution >= 4 is 5.97 Å². The van der Waals surface area contributed by atoms with E-state index in [4.69, 9.17) is 4.74 Å². The Morgan fingerprint density at radius 2 is 2.15 bits per heavy atom. The van der Waals surface area contributed by atoms with Crippen LogP contribution in [0.15, 0.2) is 24.3 Å². The number of benzene rings is 1. The topological polar surface area (TPSA) is 26.3 Å². The number of rotatable bonds is 3. The van der Waals surface area contributed by atoms with E-state index >= 15 is 0 Å². The third-order valence-corrected chi connectivity index (χ3v) is 1.83. The van der Waals surface area contributed by atoms with Crippen molar-refractivity contribution in [1.82, 2.24) is 0 Å². The minimum Gasteiger partial charge on any atom is -0.427 e. The average Bonchev–Trinajstić information content (AvgIpc) is 2.18. The zero-order chi connectivity index (χ0) is 9.68. The molecule has 70 valence electrons. The van der Waals surface area contributed by atoms with E-state index in [0.29, 0.717) is 12.2 Å². The van der Waals surface area contributed by atoms with Crippen LogP contribution in [0.2, 0.25) is 0 Å². The zero-order valence-corrected chi connectivity index (χ0v) is 8.04. The van der Waals surface area contributed by atoms with Gasteiger partial charge in [0, 0.05) is 6.42 Å².